The summed E-state index contributed by atoms with van der Waals surface area (Å²) >= 11 is 0. The molecule has 0 saturated heterocycles. The third-order valence-electron chi connectivity index (χ3n) is 2.17. The van der Waals surface area contributed by atoms with Gasteiger partial charge in [-0.3, -0.25) is 9.98 Å². The number of nitrogens with zero attached hydrogens (tertiary/aromatic N) is 3. The van der Waals surface area contributed by atoms with Crippen LogP contribution in [0.3, 0.4) is 0 Å². The van der Waals surface area contributed by atoms with Crippen LogP contribution < -0.4 is 4.74 Å². The van der Waals surface area contributed by atoms with Crippen molar-refractivity contribution >= 4 is 5.84 Å². The first kappa shape index (κ1) is 8.99. The van der Waals surface area contributed by atoms with E-state index in [0.717, 1.165) is 24.7 Å². The number of rotatable bonds is 3. The monoisotopic (exact) mass is 191 g/mol. The van der Waals surface area contributed by atoms with E-state index in [0.29, 0.717) is 6.61 Å². The van der Waals surface area contributed by atoms with Gasteiger partial charge in [-0.05, 0) is 12.1 Å². The highest BCUT2D eigenvalue weighted by Crippen LogP contribution is 2.07. The zero-order valence-electron chi connectivity index (χ0n) is 8.18. The Labute approximate surface area is 83.2 Å². The van der Waals surface area contributed by atoms with E-state index in [2.05, 4.69) is 14.9 Å². The molecule has 0 aromatic carbocycles. The van der Waals surface area contributed by atoms with Crippen molar-refractivity contribution in [1.29, 1.82) is 0 Å². The fraction of sp³-hybridized carbons (Fsp3) is 0.400. The first-order valence-electron chi connectivity index (χ1n) is 4.63. The lowest BCUT2D eigenvalue weighted by atomic mass is 10.4. The van der Waals surface area contributed by atoms with Gasteiger partial charge >= 0.3 is 0 Å². The molecule has 1 aromatic heterocycles. The summed E-state index contributed by atoms with van der Waals surface area (Å²) < 4.78 is 5.53. The van der Waals surface area contributed by atoms with E-state index < -0.39 is 0 Å². The summed E-state index contributed by atoms with van der Waals surface area (Å²) in [5.74, 6) is 1.80. The maximum Gasteiger partial charge on any atom is 0.145 e. The topological polar surface area (TPSA) is 37.7 Å². The van der Waals surface area contributed by atoms with Crippen molar-refractivity contribution in [3.05, 3.63) is 24.5 Å². The van der Waals surface area contributed by atoms with E-state index in [1.54, 1.807) is 12.4 Å². The highest BCUT2D eigenvalue weighted by Gasteiger charge is 2.12. The number of ether oxygens (including phenoxy) is 1. The van der Waals surface area contributed by atoms with E-state index in [4.69, 9.17) is 4.74 Å². The number of amidine groups is 1. The molecule has 0 aliphatic carbocycles. The van der Waals surface area contributed by atoms with Gasteiger partial charge in [-0.1, -0.05) is 0 Å². The molecule has 0 fully saturated rings. The zero-order chi connectivity index (χ0) is 9.80. The molecule has 14 heavy (non-hydrogen) atoms. The Morgan fingerprint density at radius 2 is 2.50 bits per heavy atom. The van der Waals surface area contributed by atoms with Crippen molar-refractivity contribution in [3.63, 3.8) is 0 Å². The van der Waals surface area contributed by atoms with Gasteiger partial charge in [0, 0.05) is 19.8 Å². The molecule has 2 heterocycles. The summed E-state index contributed by atoms with van der Waals surface area (Å²) in [5, 5.41) is 0. The van der Waals surface area contributed by atoms with Gasteiger partial charge in [0.25, 0.3) is 0 Å². The van der Waals surface area contributed by atoms with E-state index in [1.807, 2.05) is 19.2 Å². The van der Waals surface area contributed by atoms with E-state index >= 15 is 0 Å². The molecule has 0 spiro atoms. The molecule has 0 unspecified atom stereocenters. The summed E-state index contributed by atoms with van der Waals surface area (Å²) in [5.41, 5.74) is 0. The van der Waals surface area contributed by atoms with Crippen LogP contribution in [0.15, 0.2) is 29.5 Å². The number of hydrogen-bond donors (Lipinski definition) is 0. The van der Waals surface area contributed by atoms with E-state index in [9.17, 15) is 0 Å². The summed E-state index contributed by atoms with van der Waals surface area (Å²) in [4.78, 5) is 10.4. The maximum atomic E-state index is 5.53. The summed E-state index contributed by atoms with van der Waals surface area (Å²) in [6.45, 7) is 2.40. The molecule has 4 nitrogen and oxygen atoms in total. The predicted octanol–water partition coefficient (Wildman–Crippen LogP) is 0.804. The molecular formula is C10H13N3O. The molecular weight excluding hydrogens is 178 g/mol. The van der Waals surface area contributed by atoms with E-state index in [1.165, 1.54) is 0 Å². The van der Waals surface area contributed by atoms with Crippen LogP contribution in [0.2, 0.25) is 0 Å². The quantitative estimate of drug-likeness (QED) is 0.709. The first-order chi connectivity index (χ1) is 6.86. The summed E-state index contributed by atoms with van der Waals surface area (Å²) in [6, 6.07) is 3.75. The third kappa shape index (κ3) is 2.02. The molecule has 1 aromatic rings. The third-order valence-corrected chi connectivity index (χ3v) is 2.17. The molecule has 0 saturated carbocycles. The second kappa shape index (κ2) is 4.09. The Kier molecular flexibility index (Phi) is 2.62. The van der Waals surface area contributed by atoms with Crippen LogP contribution in [-0.2, 0) is 0 Å². The predicted molar refractivity (Wildman–Crippen MR) is 54.7 cm³/mol. The molecule has 1 aliphatic heterocycles. The van der Waals surface area contributed by atoms with Crippen LogP contribution in [0.1, 0.15) is 0 Å². The van der Waals surface area contributed by atoms with Gasteiger partial charge in [0.2, 0.25) is 0 Å². The highest BCUT2D eigenvalue weighted by atomic mass is 16.5. The van der Waals surface area contributed by atoms with Crippen molar-refractivity contribution in [1.82, 2.24) is 9.88 Å². The number of aliphatic imine (C=N–C) groups is 1. The zero-order valence-corrected chi connectivity index (χ0v) is 8.18. The number of likely N-dealkylation sites (N-methyl/N-ethyl adjacent to an activating group) is 1. The van der Waals surface area contributed by atoms with Crippen LogP contribution in [0.25, 0.3) is 0 Å². The molecule has 74 valence electrons. The van der Waals surface area contributed by atoms with Crippen molar-refractivity contribution in [2.75, 3.05) is 26.7 Å². The Balaban J connectivity index is 1.89. The normalized spacial score (nSPS) is 15.5. The minimum Gasteiger partial charge on any atom is -0.484 e. The van der Waals surface area contributed by atoms with Crippen LogP contribution in [0.4, 0.5) is 0 Å². The Morgan fingerprint density at radius 3 is 3.14 bits per heavy atom. The maximum absolute atomic E-state index is 5.53. The Hall–Kier alpha value is -1.58. The van der Waals surface area contributed by atoms with Crippen molar-refractivity contribution in [2.24, 2.45) is 4.99 Å². The molecule has 2 rings (SSSR count). The van der Waals surface area contributed by atoms with Crippen molar-refractivity contribution in [3.8, 4) is 5.75 Å². The molecule has 0 N–H and O–H groups in total. The van der Waals surface area contributed by atoms with Gasteiger partial charge in [-0.2, -0.15) is 0 Å². The van der Waals surface area contributed by atoms with Crippen molar-refractivity contribution < 1.29 is 4.74 Å². The standard InChI is InChI=1S/C10H13N3O/c1-13-6-5-12-10(13)8-14-9-3-2-4-11-7-9/h2-4,7H,5-6,8H2,1H3. The van der Waals surface area contributed by atoms with Crippen LogP contribution in [0.5, 0.6) is 5.75 Å². The average Bonchev–Trinajstić information content (AvgIpc) is 2.63. The first-order valence-corrected chi connectivity index (χ1v) is 4.63. The van der Waals surface area contributed by atoms with Gasteiger partial charge in [0.05, 0.1) is 12.7 Å². The summed E-state index contributed by atoms with van der Waals surface area (Å²) in [6.07, 6.45) is 3.43. The van der Waals surface area contributed by atoms with Crippen molar-refractivity contribution in [2.45, 2.75) is 0 Å². The van der Waals surface area contributed by atoms with Gasteiger partial charge in [0.1, 0.15) is 18.2 Å². The fourth-order valence-corrected chi connectivity index (χ4v) is 1.32. The van der Waals surface area contributed by atoms with Gasteiger partial charge < -0.3 is 9.64 Å². The van der Waals surface area contributed by atoms with Crippen LogP contribution >= 0.6 is 0 Å². The second-order valence-electron chi connectivity index (χ2n) is 3.20. The lowest BCUT2D eigenvalue weighted by molar-refractivity contribution is 0.357. The number of hydrogen-bond acceptors (Lipinski definition) is 4. The SMILES string of the molecule is CN1CCN=C1COc1cccnc1. The second-order valence-corrected chi connectivity index (χ2v) is 3.20. The van der Waals surface area contributed by atoms with Crippen LogP contribution in [-0.4, -0.2) is 42.5 Å². The minimum absolute atomic E-state index is 0.530. The minimum atomic E-state index is 0.530. The molecule has 0 radical (unpaired) electrons. The van der Waals surface area contributed by atoms with Crippen LogP contribution in [0, 0.1) is 0 Å². The smallest absolute Gasteiger partial charge is 0.145 e. The molecule has 1 aliphatic rings. The fourth-order valence-electron chi connectivity index (χ4n) is 1.32. The summed E-state index contributed by atoms with van der Waals surface area (Å²) in [7, 11) is 2.03. The lowest BCUT2D eigenvalue weighted by Gasteiger charge is -2.13. The van der Waals surface area contributed by atoms with Gasteiger partial charge in [-0.15, -0.1) is 0 Å². The highest BCUT2D eigenvalue weighted by molar-refractivity contribution is 5.84. The van der Waals surface area contributed by atoms with Gasteiger partial charge in [0.15, 0.2) is 0 Å². The molecule has 4 heteroatoms. The Bertz CT molecular complexity index is 323. The largest absolute Gasteiger partial charge is 0.484 e. The molecule has 0 atom stereocenters. The van der Waals surface area contributed by atoms with E-state index in [-0.39, 0.29) is 0 Å². The molecule has 0 bridgehead atoms. The lowest BCUT2D eigenvalue weighted by Crippen LogP contribution is -2.27. The Morgan fingerprint density at radius 1 is 1.57 bits per heavy atom. The average molecular weight is 191 g/mol. The number of aromatic nitrogens is 1. The van der Waals surface area contributed by atoms with Gasteiger partial charge in [-0.25, -0.2) is 0 Å². The molecule has 0 amide bonds. The number of pyridine rings is 1.